The van der Waals surface area contributed by atoms with E-state index in [1.165, 1.54) is 16.0 Å². The van der Waals surface area contributed by atoms with Gasteiger partial charge in [-0.15, -0.1) is 24.0 Å². The van der Waals surface area contributed by atoms with Gasteiger partial charge >= 0.3 is 0 Å². The Hall–Kier alpha value is -2.49. The molecule has 0 heterocycles. The van der Waals surface area contributed by atoms with Gasteiger partial charge in [-0.3, -0.25) is 4.79 Å². The lowest BCUT2D eigenvalue weighted by Crippen LogP contribution is -2.40. The first kappa shape index (κ1) is 27.5. The summed E-state index contributed by atoms with van der Waals surface area (Å²) in [6, 6.07) is 14.2. The van der Waals surface area contributed by atoms with Gasteiger partial charge in [0.25, 0.3) is 0 Å². The Morgan fingerprint density at radius 1 is 0.969 bits per heavy atom. The van der Waals surface area contributed by atoms with Crippen LogP contribution in [-0.4, -0.2) is 64.7 Å². The number of hydrogen-bond acceptors (Lipinski definition) is 4. The number of benzene rings is 2. The second-order valence-corrected chi connectivity index (χ2v) is 7.47. The summed E-state index contributed by atoms with van der Waals surface area (Å²) >= 11 is 0. The number of amides is 1. The zero-order valence-electron chi connectivity index (χ0n) is 19.6. The molecule has 0 aliphatic rings. The fourth-order valence-electron chi connectivity index (χ4n) is 3.00. The molecule has 0 radical (unpaired) electrons. The average Bonchev–Trinajstić information content (AvgIpc) is 2.77. The van der Waals surface area contributed by atoms with Crippen LogP contribution in [0, 0.1) is 6.92 Å². The summed E-state index contributed by atoms with van der Waals surface area (Å²) < 4.78 is 10.7. The van der Waals surface area contributed by atoms with Crippen molar-refractivity contribution in [1.29, 1.82) is 0 Å². The van der Waals surface area contributed by atoms with Crippen molar-refractivity contribution in [3.8, 4) is 11.5 Å². The van der Waals surface area contributed by atoms with E-state index in [0.717, 1.165) is 29.9 Å². The molecular weight excluding hydrogens is 519 g/mol. The second-order valence-electron chi connectivity index (χ2n) is 7.47. The van der Waals surface area contributed by atoms with Crippen molar-refractivity contribution in [2.45, 2.75) is 19.8 Å². The summed E-state index contributed by atoms with van der Waals surface area (Å²) in [6.45, 7) is 3.53. The number of halogens is 1. The zero-order chi connectivity index (χ0) is 22.6. The number of carbonyl (C=O) groups excluding carboxylic acids is 1. The van der Waals surface area contributed by atoms with E-state index in [1.54, 1.807) is 28.3 Å². The highest BCUT2D eigenvalue weighted by Gasteiger charge is 2.07. The van der Waals surface area contributed by atoms with Gasteiger partial charge in [0.2, 0.25) is 5.91 Å². The number of carbonyl (C=O) groups is 1. The van der Waals surface area contributed by atoms with Crippen molar-refractivity contribution < 1.29 is 14.3 Å². The van der Waals surface area contributed by atoms with Crippen LogP contribution in [0.5, 0.6) is 11.5 Å². The molecule has 2 aromatic carbocycles. The first-order valence-electron chi connectivity index (χ1n) is 10.4. The van der Waals surface area contributed by atoms with Gasteiger partial charge in [-0.05, 0) is 49.1 Å². The van der Waals surface area contributed by atoms with Crippen LogP contribution in [0.25, 0.3) is 0 Å². The summed E-state index contributed by atoms with van der Waals surface area (Å²) in [4.78, 5) is 17.9. The van der Waals surface area contributed by atoms with Crippen LogP contribution in [0.15, 0.2) is 47.5 Å². The monoisotopic (exact) mass is 554 g/mol. The summed E-state index contributed by atoms with van der Waals surface area (Å²) in [7, 11) is 6.80. The van der Waals surface area contributed by atoms with Crippen LogP contribution in [-0.2, 0) is 17.6 Å². The molecule has 0 aliphatic heterocycles. The quantitative estimate of drug-likeness (QED) is 0.269. The van der Waals surface area contributed by atoms with Gasteiger partial charge in [0.05, 0.1) is 14.2 Å². The number of rotatable bonds is 10. The van der Waals surface area contributed by atoms with E-state index in [2.05, 4.69) is 28.6 Å². The highest BCUT2D eigenvalue weighted by Crippen LogP contribution is 2.19. The van der Waals surface area contributed by atoms with Crippen molar-refractivity contribution in [2.75, 3.05) is 47.9 Å². The minimum absolute atomic E-state index is 0. The molecule has 0 bridgehead atoms. The number of guanidine groups is 1. The number of nitrogens with one attached hydrogen (secondary N) is 2. The lowest BCUT2D eigenvalue weighted by atomic mass is 10.1. The van der Waals surface area contributed by atoms with Gasteiger partial charge in [-0.25, -0.2) is 4.99 Å². The third-order valence-corrected chi connectivity index (χ3v) is 4.86. The molecule has 0 saturated carbocycles. The van der Waals surface area contributed by atoms with Crippen LogP contribution in [0.1, 0.15) is 16.7 Å². The minimum atomic E-state index is -0.0448. The zero-order valence-corrected chi connectivity index (χ0v) is 21.9. The maximum atomic E-state index is 12.0. The number of aliphatic imine (C=N–C) groups is 1. The Bertz CT molecular complexity index is 870. The van der Waals surface area contributed by atoms with Crippen LogP contribution in [0.2, 0.25) is 0 Å². The Morgan fingerprint density at radius 3 is 2.22 bits per heavy atom. The largest absolute Gasteiger partial charge is 0.497 e. The molecule has 7 nitrogen and oxygen atoms in total. The van der Waals surface area contributed by atoms with Gasteiger partial charge < -0.3 is 25.0 Å². The van der Waals surface area contributed by atoms with Crippen LogP contribution in [0.4, 0.5) is 0 Å². The number of hydrogen-bond donors (Lipinski definition) is 2. The van der Waals surface area contributed by atoms with E-state index >= 15 is 0 Å². The fourth-order valence-corrected chi connectivity index (χ4v) is 3.00. The molecule has 2 N–H and O–H groups in total. The molecule has 0 spiro atoms. The number of likely N-dealkylation sites (N-methyl/N-ethyl adjacent to an activating group) is 1. The van der Waals surface area contributed by atoms with Crippen molar-refractivity contribution in [2.24, 2.45) is 4.99 Å². The van der Waals surface area contributed by atoms with Crippen molar-refractivity contribution in [1.82, 2.24) is 15.5 Å². The summed E-state index contributed by atoms with van der Waals surface area (Å²) in [5, 5.41) is 6.65. The second kappa shape index (κ2) is 14.5. The molecule has 2 rings (SSSR count). The van der Waals surface area contributed by atoms with Crippen LogP contribution < -0.4 is 20.1 Å². The van der Waals surface area contributed by atoms with Crippen molar-refractivity contribution in [3.63, 3.8) is 0 Å². The summed E-state index contributed by atoms with van der Waals surface area (Å²) in [5.41, 5.74) is 3.53. The molecule has 0 atom stereocenters. The molecule has 0 aliphatic carbocycles. The number of methoxy groups -OCH3 is 2. The molecule has 0 unspecified atom stereocenters. The van der Waals surface area contributed by atoms with E-state index in [1.807, 2.05) is 36.4 Å². The highest BCUT2D eigenvalue weighted by atomic mass is 127. The van der Waals surface area contributed by atoms with Crippen LogP contribution in [0.3, 0.4) is 0 Å². The minimum Gasteiger partial charge on any atom is -0.497 e. The van der Waals surface area contributed by atoms with E-state index in [9.17, 15) is 4.79 Å². The third kappa shape index (κ3) is 9.33. The van der Waals surface area contributed by atoms with Gasteiger partial charge in [-0.1, -0.05) is 29.8 Å². The lowest BCUT2D eigenvalue weighted by Gasteiger charge is -2.15. The summed E-state index contributed by atoms with van der Waals surface area (Å²) in [6.07, 6.45) is 1.61. The molecule has 0 saturated heterocycles. The molecule has 0 fully saturated rings. The lowest BCUT2D eigenvalue weighted by molar-refractivity contribution is -0.127. The maximum absolute atomic E-state index is 12.0. The molecular formula is C24H35IN4O3. The predicted octanol–water partition coefficient (Wildman–Crippen LogP) is 3.04. The standard InChI is InChI=1S/C24H34N4O3.HI/c1-18-6-11-22(31-5)20(16-18)13-15-26-24(27-17-23(29)28(2)3)25-14-12-19-7-9-21(30-4)10-8-19;/h6-11,16H,12-15,17H2,1-5H3,(H2,25,26,27);1H. The molecule has 8 heteroatoms. The van der Waals surface area contributed by atoms with Gasteiger partial charge in [0.1, 0.15) is 18.0 Å². The number of ether oxygens (including phenoxy) is 2. The van der Waals surface area contributed by atoms with Gasteiger partial charge in [-0.2, -0.15) is 0 Å². The number of aryl methyl sites for hydroxylation is 1. The van der Waals surface area contributed by atoms with Gasteiger partial charge in [0, 0.05) is 27.2 Å². The first-order chi connectivity index (χ1) is 14.9. The van der Waals surface area contributed by atoms with Crippen molar-refractivity contribution in [3.05, 3.63) is 59.2 Å². The predicted molar refractivity (Wildman–Crippen MR) is 141 cm³/mol. The molecule has 32 heavy (non-hydrogen) atoms. The maximum Gasteiger partial charge on any atom is 0.243 e. The average molecular weight is 554 g/mol. The number of nitrogens with zero attached hydrogens (tertiary/aromatic N) is 2. The Morgan fingerprint density at radius 2 is 1.62 bits per heavy atom. The summed E-state index contributed by atoms with van der Waals surface area (Å²) in [5.74, 6) is 2.29. The Labute approximate surface area is 208 Å². The smallest absolute Gasteiger partial charge is 0.243 e. The molecule has 176 valence electrons. The van der Waals surface area contributed by atoms with E-state index in [4.69, 9.17) is 9.47 Å². The van der Waals surface area contributed by atoms with Gasteiger partial charge in [0.15, 0.2) is 5.96 Å². The Kier molecular flexibility index (Phi) is 12.5. The first-order valence-corrected chi connectivity index (χ1v) is 10.4. The fraction of sp³-hybridized carbons (Fsp3) is 0.417. The van der Waals surface area contributed by atoms with Crippen LogP contribution >= 0.6 is 24.0 Å². The van der Waals surface area contributed by atoms with Crippen molar-refractivity contribution >= 4 is 35.8 Å². The topological polar surface area (TPSA) is 75.2 Å². The normalized spacial score (nSPS) is 10.7. The van der Waals surface area contributed by atoms with E-state index in [-0.39, 0.29) is 36.4 Å². The molecule has 1 amide bonds. The Balaban J connectivity index is 0.00000512. The van der Waals surface area contributed by atoms with E-state index in [0.29, 0.717) is 19.0 Å². The highest BCUT2D eigenvalue weighted by molar-refractivity contribution is 14.0. The molecule has 0 aromatic heterocycles. The van der Waals surface area contributed by atoms with E-state index < -0.39 is 0 Å². The SMILES string of the molecule is COc1ccc(CCNC(=NCC(=O)N(C)C)NCCc2cc(C)ccc2OC)cc1.I. The molecule has 2 aromatic rings. The third-order valence-electron chi connectivity index (χ3n) is 4.86.